The lowest BCUT2D eigenvalue weighted by atomic mass is 10.1. The van der Waals surface area contributed by atoms with Crippen LogP contribution in [0.4, 0.5) is 0 Å². The van der Waals surface area contributed by atoms with Crippen molar-refractivity contribution >= 4 is 0 Å². The van der Waals surface area contributed by atoms with Crippen LogP contribution in [0.25, 0.3) is 0 Å². The van der Waals surface area contributed by atoms with Gasteiger partial charge in [0, 0.05) is 32.2 Å². The number of hydrogen-bond acceptors (Lipinski definition) is 3. The first-order valence-corrected chi connectivity index (χ1v) is 6.33. The second-order valence-corrected chi connectivity index (χ2v) is 4.59. The lowest BCUT2D eigenvalue weighted by Gasteiger charge is -2.39. The van der Waals surface area contributed by atoms with Crippen LogP contribution in [0.15, 0.2) is 0 Å². The van der Waals surface area contributed by atoms with Crippen LogP contribution in [0.1, 0.15) is 33.6 Å². The minimum Gasteiger partial charge on any atom is -0.392 e. The summed E-state index contributed by atoms with van der Waals surface area (Å²) >= 11 is 0. The minimum atomic E-state index is -0.164. The lowest BCUT2D eigenvalue weighted by molar-refractivity contribution is 0.0255. The molecule has 3 heteroatoms. The molecule has 0 aromatic rings. The Balaban J connectivity index is 2.30. The molecule has 0 bridgehead atoms. The highest BCUT2D eigenvalue weighted by molar-refractivity contribution is 4.79. The number of piperazine rings is 1. The summed E-state index contributed by atoms with van der Waals surface area (Å²) in [5.74, 6) is 0. The van der Waals surface area contributed by atoms with Crippen molar-refractivity contribution < 1.29 is 5.11 Å². The Labute approximate surface area is 94.1 Å². The standard InChI is InChI=1S/C12H26N2O/c1-4-6-13-7-9-14(10-8-13)11(3)12(15)5-2/h11-12,15H,4-10H2,1-3H3. The molecule has 1 aliphatic rings. The fourth-order valence-electron chi connectivity index (χ4n) is 2.29. The molecule has 0 spiro atoms. The Morgan fingerprint density at radius 3 is 2.20 bits per heavy atom. The third-order valence-corrected chi connectivity index (χ3v) is 3.50. The zero-order valence-corrected chi connectivity index (χ0v) is 10.4. The van der Waals surface area contributed by atoms with Gasteiger partial charge in [-0.15, -0.1) is 0 Å². The highest BCUT2D eigenvalue weighted by Crippen LogP contribution is 2.11. The topological polar surface area (TPSA) is 26.7 Å². The highest BCUT2D eigenvalue weighted by atomic mass is 16.3. The van der Waals surface area contributed by atoms with E-state index in [0.717, 1.165) is 32.6 Å². The van der Waals surface area contributed by atoms with Gasteiger partial charge in [0.1, 0.15) is 0 Å². The van der Waals surface area contributed by atoms with Crippen molar-refractivity contribution in [3.8, 4) is 0 Å². The third kappa shape index (κ3) is 3.74. The Morgan fingerprint density at radius 1 is 1.13 bits per heavy atom. The zero-order valence-electron chi connectivity index (χ0n) is 10.4. The van der Waals surface area contributed by atoms with Crippen LogP contribution in [0, 0.1) is 0 Å². The van der Waals surface area contributed by atoms with Crippen LogP contribution in [-0.2, 0) is 0 Å². The average molecular weight is 214 g/mol. The lowest BCUT2D eigenvalue weighted by Crippen LogP contribution is -2.52. The van der Waals surface area contributed by atoms with Gasteiger partial charge in [-0.1, -0.05) is 13.8 Å². The molecule has 1 saturated heterocycles. The van der Waals surface area contributed by atoms with E-state index in [0.29, 0.717) is 6.04 Å². The second kappa shape index (κ2) is 6.46. The molecule has 0 amide bonds. The predicted molar refractivity (Wildman–Crippen MR) is 64.1 cm³/mol. The van der Waals surface area contributed by atoms with Crippen molar-refractivity contribution in [2.24, 2.45) is 0 Å². The first-order chi connectivity index (χ1) is 7.19. The van der Waals surface area contributed by atoms with Crippen LogP contribution in [-0.4, -0.2) is 59.8 Å². The van der Waals surface area contributed by atoms with E-state index in [1.165, 1.54) is 13.0 Å². The van der Waals surface area contributed by atoms with Gasteiger partial charge < -0.3 is 10.0 Å². The molecule has 90 valence electrons. The van der Waals surface area contributed by atoms with E-state index < -0.39 is 0 Å². The maximum atomic E-state index is 9.79. The summed E-state index contributed by atoms with van der Waals surface area (Å²) < 4.78 is 0. The fraction of sp³-hybridized carbons (Fsp3) is 1.00. The zero-order chi connectivity index (χ0) is 11.3. The highest BCUT2D eigenvalue weighted by Gasteiger charge is 2.24. The molecule has 2 unspecified atom stereocenters. The summed E-state index contributed by atoms with van der Waals surface area (Å²) in [6, 6.07) is 0.318. The van der Waals surface area contributed by atoms with Gasteiger partial charge in [-0.2, -0.15) is 0 Å². The summed E-state index contributed by atoms with van der Waals surface area (Å²) in [6.45, 7) is 12.2. The summed E-state index contributed by atoms with van der Waals surface area (Å²) in [5, 5.41) is 9.79. The molecule has 0 radical (unpaired) electrons. The molecular weight excluding hydrogens is 188 g/mol. The number of aliphatic hydroxyl groups is 1. The van der Waals surface area contributed by atoms with Crippen molar-refractivity contribution in [2.75, 3.05) is 32.7 Å². The van der Waals surface area contributed by atoms with Gasteiger partial charge in [0.15, 0.2) is 0 Å². The Hall–Kier alpha value is -0.120. The van der Waals surface area contributed by atoms with Crippen molar-refractivity contribution in [2.45, 2.75) is 45.8 Å². The third-order valence-electron chi connectivity index (χ3n) is 3.50. The predicted octanol–water partition coefficient (Wildman–Crippen LogP) is 1.17. The molecular formula is C12H26N2O. The number of rotatable bonds is 5. The molecule has 0 aromatic carbocycles. The largest absolute Gasteiger partial charge is 0.392 e. The van der Waals surface area contributed by atoms with E-state index in [-0.39, 0.29) is 6.10 Å². The van der Waals surface area contributed by atoms with Crippen LogP contribution >= 0.6 is 0 Å². The van der Waals surface area contributed by atoms with Crippen molar-refractivity contribution in [1.82, 2.24) is 9.80 Å². The molecule has 1 rings (SSSR count). The molecule has 2 atom stereocenters. The smallest absolute Gasteiger partial charge is 0.0690 e. The van der Waals surface area contributed by atoms with Gasteiger partial charge in [-0.25, -0.2) is 0 Å². The molecule has 1 aliphatic heterocycles. The molecule has 1 N–H and O–H groups in total. The van der Waals surface area contributed by atoms with Crippen LogP contribution in [0.2, 0.25) is 0 Å². The number of aliphatic hydroxyl groups excluding tert-OH is 1. The maximum absolute atomic E-state index is 9.79. The summed E-state index contributed by atoms with van der Waals surface area (Å²) in [5.41, 5.74) is 0. The Morgan fingerprint density at radius 2 is 1.73 bits per heavy atom. The summed E-state index contributed by atoms with van der Waals surface area (Å²) in [6.07, 6.45) is 1.94. The quantitative estimate of drug-likeness (QED) is 0.744. The molecule has 1 heterocycles. The molecule has 1 fully saturated rings. The Bertz CT molecular complexity index is 167. The van der Waals surface area contributed by atoms with E-state index in [1.807, 2.05) is 0 Å². The molecule has 15 heavy (non-hydrogen) atoms. The molecule has 3 nitrogen and oxygen atoms in total. The summed E-state index contributed by atoms with van der Waals surface area (Å²) in [7, 11) is 0. The molecule has 0 aliphatic carbocycles. The first-order valence-electron chi connectivity index (χ1n) is 6.33. The second-order valence-electron chi connectivity index (χ2n) is 4.59. The maximum Gasteiger partial charge on any atom is 0.0690 e. The van der Waals surface area contributed by atoms with E-state index in [1.54, 1.807) is 0 Å². The SMILES string of the molecule is CCCN1CCN(C(C)C(O)CC)CC1. The molecule has 0 aromatic heterocycles. The van der Waals surface area contributed by atoms with Gasteiger partial charge in [0.25, 0.3) is 0 Å². The van der Waals surface area contributed by atoms with E-state index in [9.17, 15) is 5.11 Å². The Kier molecular flexibility index (Phi) is 5.58. The van der Waals surface area contributed by atoms with E-state index >= 15 is 0 Å². The van der Waals surface area contributed by atoms with Gasteiger partial charge in [-0.05, 0) is 26.3 Å². The van der Waals surface area contributed by atoms with Gasteiger partial charge in [0.2, 0.25) is 0 Å². The van der Waals surface area contributed by atoms with Gasteiger partial charge in [0.05, 0.1) is 6.10 Å². The van der Waals surface area contributed by atoms with Crippen molar-refractivity contribution in [1.29, 1.82) is 0 Å². The normalized spacial score (nSPS) is 24.0. The van der Waals surface area contributed by atoms with Gasteiger partial charge >= 0.3 is 0 Å². The van der Waals surface area contributed by atoms with Crippen LogP contribution in [0.3, 0.4) is 0 Å². The fourth-order valence-corrected chi connectivity index (χ4v) is 2.29. The summed E-state index contributed by atoms with van der Waals surface area (Å²) in [4.78, 5) is 4.93. The van der Waals surface area contributed by atoms with Crippen LogP contribution in [0.5, 0.6) is 0 Å². The number of nitrogens with zero attached hydrogens (tertiary/aromatic N) is 2. The number of hydrogen-bond donors (Lipinski definition) is 1. The average Bonchev–Trinajstić information content (AvgIpc) is 2.28. The van der Waals surface area contributed by atoms with E-state index in [2.05, 4.69) is 30.6 Å². The van der Waals surface area contributed by atoms with E-state index in [4.69, 9.17) is 0 Å². The molecule has 0 saturated carbocycles. The van der Waals surface area contributed by atoms with Crippen molar-refractivity contribution in [3.05, 3.63) is 0 Å². The van der Waals surface area contributed by atoms with Crippen LogP contribution < -0.4 is 0 Å². The van der Waals surface area contributed by atoms with Crippen molar-refractivity contribution in [3.63, 3.8) is 0 Å². The monoisotopic (exact) mass is 214 g/mol. The van der Waals surface area contributed by atoms with Gasteiger partial charge in [-0.3, -0.25) is 4.90 Å². The first kappa shape index (κ1) is 12.9. The minimum absolute atomic E-state index is 0.164.